The van der Waals surface area contributed by atoms with Crippen LogP contribution < -0.4 is 5.73 Å². The number of nitrogens with zero attached hydrogens (tertiary/aromatic N) is 1. The smallest absolute Gasteiger partial charge is 0.409 e. The number of benzene rings is 1. The zero-order chi connectivity index (χ0) is 17.3. The van der Waals surface area contributed by atoms with Crippen molar-refractivity contribution in [3.05, 3.63) is 40.9 Å². The van der Waals surface area contributed by atoms with E-state index in [9.17, 15) is 0 Å². The van der Waals surface area contributed by atoms with Gasteiger partial charge in [-0.3, -0.25) is 0 Å². The first-order valence-electron chi connectivity index (χ1n) is 7.45. The fourth-order valence-corrected chi connectivity index (χ4v) is 2.44. The van der Waals surface area contributed by atoms with Crippen LogP contribution in [0.4, 0.5) is 0 Å². The monoisotopic (exact) mass is 334 g/mol. The molecule has 0 aliphatic carbocycles. The molecule has 0 unspecified atom stereocenters. The fraction of sp³-hybridized carbons (Fsp3) is 0.438. The van der Waals surface area contributed by atoms with Crippen molar-refractivity contribution in [3.63, 3.8) is 0 Å². The number of rotatable bonds is 4. The highest BCUT2D eigenvalue weighted by molar-refractivity contribution is 7.80. The molecule has 2 rings (SSSR count). The summed E-state index contributed by atoms with van der Waals surface area (Å²) in [4.78, 5) is 0. The first-order chi connectivity index (χ1) is 10.7. The van der Waals surface area contributed by atoms with Gasteiger partial charge in [-0.2, -0.15) is 12.6 Å². The van der Waals surface area contributed by atoms with Crippen molar-refractivity contribution in [2.75, 3.05) is 5.75 Å². The lowest BCUT2D eigenvalue weighted by atomic mass is 9.78. The Labute approximate surface area is 143 Å². The highest BCUT2D eigenvalue weighted by Crippen LogP contribution is 2.39. The average molecular weight is 334 g/mol. The molecule has 124 valence electrons. The predicted molar refractivity (Wildman–Crippen MR) is 96.9 cm³/mol. The van der Waals surface area contributed by atoms with Gasteiger partial charge in [-0.1, -0.05) is 35.5 Å². The summed E-state index contributed by atoms with van der Waals surface area (Å²) < 4.78 is 12.1. The number of thiol groups is 1. The van der Waals surface area contributed by atoms with E-state index >= 15 is 0 Å². The Kier molecular flexibility index (Phi) is 5.13. The summed E-state index contributed by atoms with van der Waals surface area (Å²) in [6.45, 7) is 8.09. The van der Waals surface area contributed by atoms with Crippen molar-refractivity contribution < 1.29 is 14.5 Å². The van der Waals surface area contributed by atoms with Crippen molar-refractivity contribution in [1.82, 2.24) is 0 Å². The van der Waals surface area contributed by atoms with E-state index in [1.165, 1.54) is 0 Å². The minimum atomic E-state index is -0.416. The molecule has 0 spiro atoms. The topological polar surface area (TPSA) is 77.1 Å². The lowest BCUT2D eigenvalue weighted by Gasteiger charge is -2.32. The van der Waals surface area contributed by atoms with Crippen LogP contribution in [-0.2, 0) is 9.31 Å². The molecule has 5 nitrogen and oxygen atoms in total. The molecule has 0 radical (unpaired) electrons. The third-order valence-corrected chi connectivity index (χ3v) is 4.77. The summed E-state index contributed by atoms with van der Waals surface area (Å²) in [5.41, 5.74) is 7.38. The molecule has 0 bridgehead atoms. The average Bonchev–Trinajstić information content (AvgIpc) is 2.72. The largest absolute Gasteiger partial charge is 0.491 e. The molecule has 1 aromatic carbocycles. The summed E-state index contributed by atoms with van der Waals surface area (Å²) >= 11 is 4.40. The zero-order valence-corrected chi connectivity index (χ0v) is 14.8. The first-order valence-corrected chi connectivity index (χ1v) is 8.08. The van der Waals surface area contributed by atoms with Crippen LogP contribution in [-0.4, -0.2) is 35.1 Å². The third-order valence-electron chi connectivity index (χ3n) is 4.40. The van der Waals surface area contributed by atoms with Gasteiger partial charge in [0.25, 0.3) is 0 Å². The van der Waals surface area contributed by atoms with Gasteiger partial charge in [0.05, 0.1) is 11.2 Å². The second-order valence-electron chi connectivity index (χ2n) is 6.57. The second-order valence-corrected chi connectivity index (χ2v) is 6.89. The van der Waals surface area contributed by atoms with Gasteiger partial charge in [-0.05, 0) is 38.7 Å². The van der Waals surface area contributed by atoms with Crippen LogP contribution in [0, 0.1) is 0 Å². The summed E-state index contributed by atoms with van der Waals surface area (Å²) in [6, 6.07) is 7.37. The summed E-state index contributed by atoms with van der Waals surface area (Å²) in [5, 5.41) is 11.7. The minimum Gasteiger partial charge on any atom is -0.409 e. The molecule has 7 heteroatoms. The number of hydrogen-bond donors (Lipinski definition) is 3. The highest BCUT2D eigenvalue weighted by Gasteiger charge is 2.52. The molecule has 23 heavy (non-hydrogen) atoms. The fourth-order valence-electron chi connectivity index (χ4n) is 2.20. The Bertz CT molecular complexity index is 611. The van der Waals surface area contributed by atoms with Crippen LogP contribution in [0.2, 0.25) is 0 Å². The molecule has 0 aromatic heterocycles. The molecule has 1 aliphatic rings. The van der Waals surface area contributed by atoms with E-state index in [4.69, 9.17) is 20.2 Å². The first kappa shape index (κ1) is 17.9. The van der Waals surface area contributed by atoms with E-state index in [-0.39, 0.29) is 17.0 Å². The standard InChI is InChI=1S/C16H23BN2O3S/c1-15(2)16(3,4)22-17(21-15)13(10-23)9-11-5-7-12(8-6-11)14(18)19-20/h5-9,20,23H,10H2,1-4H3,(H2,18,19). The quantitative estimate of drug-likeness (QED) is 0.198. The lowest BCUT2D eigenvalue weighted by Crippen LogP contribution is -2.41. The molecule has 3 N–H and O–H groups in total. The van der Waals surface area contributed by atoms with Gasteiger partial charge < -0.3 is 20.2 Å². The van der Waals surface area contributed by atoms with Crippen LogP contribution >= 0.6 is 12.6 Å². The Morgan fingerprint density at radius 3 is 2.17 bits per heavy atom. The van der Waals surface area contributed by atoms with Crippen LogP contribution in [0.5, 0.6) is 0 Å². The summed E-state index contributed by atoms with van der Waals surface area (Å²) in [5.74, 6) is 0.611. The van der Waals surface area contributed by atoms with Crippen molar-refractivity contribution in [3.8, 4) is 0 Å². The molecule has 1 aromatic rings. The number of oxime groups is 1. The highest BCUT2D eigenvalue weighted by atomic mass is 32.1. The van der Waals surface area contributed by atoms with Crippen LogP contribution in [0.3, 0.4) is 0 Å². The summed E-state index contributed by atoms with van der Waals surface area (Å²) in [7, 11) is -0.416. The van der Waals surface area contributed by atoms with E-state index in [0.717, 1.165) is 11.0 Å². The Balaban J connectivity index is 2.23. The van der Waals surface area contributed by atoms with E-state index < -0.39 is 7.12 Å². The molecule has 1 heterocycles. The Morgan fingerprint density at radius 1 is 1.22 bits per heavy atom. The van der Waals surface area contributed by atoms with Crippen molar-refractivity contribution in [1.29, 1.82) is 0 Å². The van der Waals surface area contributed by atoms with E-state index in [0.29, 0.717) is 11.3 Å². The number of hydrogen-bond acceptors (Lipinski definition) is 5. The van der Waals surface area contributed by atoms with Crippen molar-refractivity contribution in [2.24, 2.45) is 10.9 Å². The molecular weight excluding hydrogens is 311 g/mol. The predicted octanol–water partition coefficient (Wildman–Crippen LogP) is 2.73. The van der Waals surface area contributed by atoms with Crippen LogP contribution in [0.25, 0.3) is 6.08 Å². The van der Waals surface area contributed by atoms with Crippen LogP contribution in [0.15, 0.2) is 34.9 Å². The van der Waals surface area contributed by atoms with Crippen molar-refractivity contribution in [2.45, 2.75) is 38.9 Å². The van der Waals surface area contributed by atoms with Gasteiger partial charge in [-0.15, -0.1) is 0 Å². The lowest BCUT2D eigenvalue weighted by molar-refractivity contribution is 0.00578. The second kappa shape index (κ2) is 6.59. The Hall–Kier alpha value is -1.44. The van der Waals surface area contributed by atoms with Crippen LogP contribution in [0.1, 0.15) is 38.8 Å². The van der Waals surface area contributed by atoms with Crippen molar-refractivity contribution >= 4 is 31.7 Å². The van der Waals surface area contributed by atoms with Gasteiger partial charge in [0.15, 0.2) is 5.84 Å². The molecule has 1 aliphatic heterocycles. The molecule has 0 atom stereocenters. The number of nitrogens with two attached hydrogens (primary N) is 1. The molecular formula is C16H23BN2O3S. The maximum Gasteiger partial charge on any atom is 0.491 e. The maximum atomic E-state index is 8.69. The molecule has 0 amide bonds. The van der Waals surface area contributed by atoms with Gasteiger partial charge in [0.1, 0.15) is 0 Å². The van der Waals surface area contributed by atoms with E-state index in [1.54, 1.807) is 12.1 Å². The molecule has 1 saturated heterocycles. The van der Waals surface area contributed by atoms with E-state index in [2.05, 4.69) is 17.8 Å². The Morgan fingerprint density at radius 2 is 1.74 bits per heavy atom. The normalized spacial score (nSPS) is 20.8. The van der Waals surface area contributed by atoms with E-state index in [1.807, 2.05) is 45.9 Å². The molecule has 1 fully saturated rings. The third kappa shape index (κ3) is 3.73. The van der Waals surface area contributed by atoms with Gasteiger partial charge >= 0.3 is 7.12 Å². The van der Waals surface area contributed by atoms with Gasteiger partial charge in [0, 0.05) is 11.3 Å². The van der Waals surface area contributed by atoms with Gasteiger partial charge in [0.2, 0.25) is 0 Å². The SMILES string of the molecule is CC1(C)OB(C(=Cc2ccc(C(N)=NO)cc2)CS)OC1(C)C. The summed E-state index contributed by atoms with van der Waals surface area (Å²) in [6.07, 6.45) is 1.99. The van der Waals surface area contributed by atoms with Gasteiger partial charge in [-0.25, -0.2) is 0 Å². The zero-order valence-electron chi connectivity index (χ0n) is 13.9. The maximum absolute atomic E-state index is 8.69. The number of amidine groups is 1. The molecule has 0 saturated carbocycles. The minimum absolute atomic E-state index is 0.0842.